The monoisotopic (exact) mass is 290 g/mol. The normalized spacial score (nSPS) is 33.1. The second-order valence-corrected chi connectivity index (χ2v) is 4.45. The number of esters is 3. The van der Waals surface area contributed by atoms with Crippen LogP contribution in [0.2, 0.25) is 0 Å². The van der Waals surface area contributed by atoms with E-state index >= 15 is 0 Å². The minimum Gasteiger partial charge on any atom is -0.456 e. The van der Waals surface area contributed by atoms with Crippen molar-refractivity contribution < 1.29 is 38.4 Å². The third-order valence-electron chi connectivity index (χ3n) is 2.65. The molecule has 0 saturated carbocycles. The smallest absolute Gasteiger partial charge is 0.303 e. The maximum absolute atomic E-state index is 11.2. The summed E-state index contributed by atoms with van der Waals surface area (Å²) in [5, 5.41) is 9.79. The largest absolute Gasteiger partial charge is 0.456 e. The molecule has 114 valence electrons. The van der Waals surface area contributed by atoms with E-state index in [1.807, 2.05) is 0 Å². The summed E-state index contributed by atoms with van der Waals surface area (Å²) in [7, 11) is 0. The molecule has 20 heavy (non-hydrogen) atoms. The Morgan fingerprint density at radius 2 is 1.25 bits per heavy atom. The van der Waals surface area contributed by atoms with Gasteiger partial charge in [0, 0.05) is 20.8 Å². The van der Waals surface area contributed by atoms with Crippen molar-refractivity contribution in [2.45, 2.75) is 58.4 Å². The van der Waals surface area contributed by atoms with E-state index in [1.165, 1.54) is 13.8 Å². The Hall–Kier alpha value is -1.67. The Balaban J connectivity index is 3.01. The van der Waals surface area contributed by atoms with Crippen LogP contribution in [0, 0.1) is 0 Å². The number of carbonyl (C=O) groups is 3. The first-order chi connectivity index (χ1) is 9.22. The third kappa shape index (κ3) is 4.17. The van der Waals surface area contributed by atoms with Gasteiger partial charge in [-0.05, 0) is 6.92 Å². The maximum atomic E-state index is 11.2. The van der Waals surface area contributed by atoms with E-state index in [9.17, 15) is 19.5 Å². The van der Waals surface area contributed by atoms with Crippen LogP contribution >= 0.6 is 0 Å². The molecule has 0 unspecified atom stereocenters. The molecule has 1 saturated heterocycles. The molecule has 1 N–H and O–H groups in total. The van der Waals surface area contributed by atoms with Gasteiger partial charge in [-0.2, -0.15) is 0 Å². The van der Waals surface area contributed by atoms with Crippen molar-refractivity contribution in [3.8, 4) is 0 Å². The summed E-state index contributed by atoms with van der Waals surface area (Å²) in [4.78, 5) is 33.3. The van der Waals surface area contributed by atoms with Gasteiger partial charge in [0.15, 0.2) is 24.6 Å². The van der Waals surface area contributed by atoms with Crippen LogP contribution in [0.25, 0.3) is 0 Å². The molecule has 0 aromatic rings. The average molecular weight is 290 g/mol. The van der Waals surface area contributed by atoms with Crippen LogP contribution < -0.4 is 0 Å². The fraction of sp³-hybridized carbons (Fsp3) is 0.750. The number of hydrogen-bond acceptors (Lipinski definition) is 8. The third-order valence-corrected chi connectivity index (χ3v) is 2.65. The van der Waals surface area contributed by atoms with Crippen molar-refractivity contribution in [3.05, 3.63) is 0 Å². The minimum absolute atomic E-state index is 0.611. The van der Waals surface area contributed by atoms with E-state index < -0.39 is 48.6 Å². The summed E-state index contributed by atoms with van der Waals surface area (Å²) in [6, 6.07) is 0. The van der Waals surface area contributed by atoms with Crippen LogP contribution in [-0.2, 0) is 33.3 Å². The molecule has 5 atom stereocenters. The van der Waals surface area contributed by atoms with Gasteiger partial charge in [0.1, 0.15) is 0 Å². The predicted molar refractivity (Wildman–Crippen MR) is 63.2 cm³/mol. The van der Waals surface area contributed by atoms with Crippen LogP contribution in [0.1, 0.15) is 27.7 Å². The van der Waals surface area contributed by atoms with Crippen molar-refractivity contribution in [1.29, 1.82) is 0 Å². The van der Waals surface area contributed by atoms with E-state index in [1.54, 1.807) is 0 Å². The lowest BCUT2D eigenvalue weighted by Crippen LogP contribution is -2.60. The highest BCUT2D eigenvalue weighted by atomic mass is 16.7. The van der Waals surface area contributed by atoms with Crippen molar-refractivity contribution >= 4 is 17.9 Å². The zero-order chi connectivity index (χ0) is 15.4. The minimum atomic E-state index is -1.48. The SMILES string of the molecule is CC(=O)O[C@@H]1[C@@H](OC(C)=O)[C@H](C)O[C@@H](O)[C@@H]1OC(C)=O. The molecule has 0 amide bonds. The van der Waals surface area contributed by atoms with Crippen LogP contribution in [0.4, 0.5) is 0 Å². The summed E-state index contributed by atoms with van der Waals surface area (Å²) in [6.45, 7) is 5.01. The molecule has 8 heteroatoms. The maximum Gasteiger partial charge on any atom is 0.303 e. The van der Waals surface area contributed by atoms with Gasteiger partial charge < -0.3 is 24.1 Å². The molecule has 0 radical (unpaired) electrons. The Morgan fingerprint density at radius 1 is 0.850 bits per heavy atom. The van der Waals surface area contributed by atoms with E-state index in [0.717, 1.165) is 13.8 Å². The van der Waals surface area contributed by atoms with Gasteiger partial charge in [0.25, 0.3) is 0 Å². The lowest BCUT2D eigenvalue weighted by Gasteiger charge is -2.41. The Kier molecular flexibility index (Phi) is 5.46. The van der Waals surface area contributed by atoms with Crippen molar-refractivity contribution in [3.63, 3.8) is 0 Å². The molecule has 1 rings (SSSR count). The van der Waals surface area contributed by atoms with E-state index in [2.05, 4.69) is 0 Å². The lowest BCUT2D eigenvalue weighted by molar-refractivity contribution is -0.288. The molecule has 8 nitrogen and oxygen atoms in total. The first-order valence-electron chi connectivity index (χ1n) is 6.07. The second kappa shape index (κ2) is 6.67. The van der Waals surface area contributed by atoms with Gasteiger partial charge in [0.05, 0.1) is 6.10 Å². The predicted octanol–water partition coefficient (Wildman–Crippen LogP) is -0.481. The number of aliphatic hydroxyl groups excluding tert-OH is 1. The summed E-state index contributed by atoms with van der Waals surface area (Å²) in [6.07, 6.45) is -5.60. The molecule has 0 spiro atoms. The fourth-order valence-corrected chi connectivity index (χ4v) is 1.99. The fourth-order valence-electron chi connectivity index (χ4n) is 1.99. The zero-order valence-electron chi connectivity index (χ0n) is 11.7. The highest BCUT2D eigenvalue weighted by Gasteiger charge is 2.49. The zero-order valence-corrected chi connectivity index (χ0v) is 11.7. The highest BCUT2D eigenvalue weighted by molar-refractivity contribution is 5.68. The molecule has 1 fully saturated rings. The number of rotatable bonds is 3. The number of ether oxygens (including phenoxy) is 4. The van der Waals surface area contributed by atoms with E-state index in [4.69, 9.17) is 18.9 Å². The standard InChI is InChI=1S/C12H18O8/c1-5-9(18-6(2)13)10(19-7(3)14)11(12(16)17-5)20-8(4)15/h5,9-12,16H,1-4H3/t5-,9-,10+,11+,12+/m0/s1. The molecule has 1 aliphatic heterocycles. The van der Waals surface area contributed by atoms with E-state index in [-0.39, 0.29) is 0 Å². The number of carbonyl (C=O) groups excluding carboxylic acids is 3. The van der Waals surface area contributed by atoms with Gasteiger partial charge in [-0.15, -0.1) is 0 Å². The molecular formula is C12H18O8. The second-order valence-electron chi connectivity index (χ2n) is 4.45. The summed E-state index contributed by atoms with van der Waals surface area (Å²) < 4.78 is 20.1. The van der Waals surface area contributed by atoms with Gasteiger partial charge in [-0.3, -0.25) is 14.4 Å². The summed E-state index contributed by atoms with van der Waals surface area (Å²) in [5.41, 5.74) is 0. The van der Waals surface area contributed by atoms with Gasteiger partial charge >= 0.3 is 17.9 Å². The van der Waals surface area contributed by atoms with Crippen molar-refractivity contribution in [1.82, 2.24) is 0 Å². The molecule has 0 aromatic carbocycles. The Labute approximate surface area is 115 Å². The Morgan fingerprint density at radius 3 is 1.70 bits per heavy atom. The number of aliphatic hydroxyl groups is 1. The molecule has 0 bridgehead atoms. The number of hydrogen-bond donors (Lipinski definition) is 1. The van der Waals surface area contributed by atoms with Gasteiger partial charge in [-0.1, -0.05) is 0 Å². The van der Waals surface area contributed by atoms with Crippen LogP contribution in [-0.4, -0.2) is 53.7 Å². The Bertz CT molecular complexity index is 365. The topological polar surface area (TPSA) is 108 Å². The quantitative estimate of drug-likeness (QED) is 0.548. The van der Waals surface area contributed by atoms with Crippen molar-refractivity contribution in [2.24, 2.45) is 0 Å². The molecule has 0 aliphatic carbocycles. The first kappa shape index (κ1) is 16.4. The van der Waals surface area contributed by atoms with Gasteiger partial charge in [0.2, 0.25) is 0 Å². The lowest BCUT2D eigenvalue weighted by atomic mass is 9.99. The van der Waals surface area contributed by atoms with Crippen LogP contribution in [0.15, 0.2) is 0 Å². The molecule has 0 aromatic heterocycles. The molecular weight excluding hydrogens is 272 g/mol. The van der Waals surface area contributed by atoms with Crippen molar-refractivity contribution in [2.75, 3.05) is 0 Å². The van der Waals surface area contributed by atoms with Crippen LogP contribution in [0.5, 0.6) is 0 Å². The average Bonchev–Trinajstić information content (AvgIpc) is 2.27. The summed E-state index contributed by atoms with van der Waals surface area (Å²) in [5.74, 6) is -1.96. The molecule has 1 heterocycles. The molecule has 1 aliphatic rings. The van der Waals surface area contributed by atoms with Crippen LogP contribution in [0.3, 0.4) is 0 Å². The summed E-state index contributed by atoms with van der Waals surface area (Å²) >= 11 is 0. The van der Waals surface area contributed by atoms with Gasteiger partial charge in [-0.25, -0.2) is 0 Å². The first-order valence-corrected chi connectivity index (χ1v) is 6.07. The van der Waals surface area contributed by atoms with E-state index in [0.29, 0.717) is 0 Å². The highest BCUT2D eigenvalue weighted by Crippen LogP contribution is 2.27.